The van der Waals surface area contributed by atoms with Gasteiger partial charge in [0, 0.05) is 5.56 Å². The number of hydrogen-bond donors (Lipinski definition) is 1. The van der Waals surface area contributed by atoms with Gasteiger partial charge in [0.1, 0.15) is 5.75 Å². The molecule has 1 aromatic heterocycles. The molecular weight excluding hydrogens is 228 g/mol. The maximum absolute atomic E-state index is 5.88. The second-order valence-electron chi connectivity index (χ2n) is 4.17. The van der Waals surface area contributed by atoms with Gasteiger partial charge < -0.3 is 15.0 Å². The molecule has 0 radical (unpaired) electrons. The number of methoxy groups -OCH3 is 1. The van der Waals surface area contributed by atoms with Gasteiger partial charge in [0.05, 0.1) is 18.4 Å². The summed E-state index contributed by atoms with van der Waals surface area (Å²) < 4.78 is 10.5. The topological polar surface area (TPSA) is 61.3 Å². The molecule has 0 amide bonds. The third kappa shape index (κ3) is 2.32. The minimum Gasteiger partial charge on any atom is -0.496 e. The van der Waals surface area contributed by atoms with E-state index in [1.54, 1.807) is 7.11 Å². The van der Waals surface area contributed by atoms with Gasteiger partial charge >= 0.3 is 0 Å². The number of benzene rings is 1. The van der Waals surface area contributed by atoms with E-state index in [-0.39, 0.29) is 0 Å². The Balaban J connectivity index is 2.45. The van der Waals surface area contributed by atoms with E-state index in [4.69, 9.17) is 15.0 Å². The van der Waals surface area contributed by atoms with Crippen LogP contribution in [0.2, 0.25) is 0 Å². The number of unbranched alkanes of at least 4 members (excludes halogenated alkanes) is 1. The minimum absolute atomic E-state index is 0.352. The van der Waals surface area contributed by atoms with E-state index in [9.17, 15) is 0 Å². The number of anilines is 1. The van der Waals surface area contributed by atoms with Crippen molar-refractivity contribution in [2.24, 2.45) is 0 Å². The summed E-state index contributed by atoms with van der Waals surface area (Å²) in [5, 5.41) is 4.05. The van der Waals surface area contributed by atoms with Gasteiger partial charge in [-0.05, 0) is 18.9 Å². The van der Waals surface area contributed by atoms with E-state index in [1.165, 1.54) is 0 Å². The number of ether oxygens (including phenoxy) is 1. The van der Waals surface area contributed by atoms with Crippen LogP contribution in [0.25, 0.3) is 11.1 Å². The van der Waals surface area contributed by atoms with Gasteiger partial charge in [-0.3, -0.25) is 0 Å². The normalized spacial score (nSPS) is 10.6. The second kappa shape index (κ2) is 5.58. The van der Waals surface area contributed by atoms with Crippen molar-refractivity contribution in [3.63, 3.8) is 0 Å². The molecule has 2 aromatic rings. The van der Waals surface area contributed by atoms with Crippen molar-refractivity contribution in [1.82, 2.24) is 5.16 Å². The Labute approximate surface area is 107 Å². The fourth-order valence-corrected chi connectivity index (χ4v) is 1.99. The van der Waals surface area contributed by atoms with Gasteiger partial charge in [0.25, 0.3) is 0 Å². The Hall–Kier alpha value is -1.97. The number of nitrogens with zero attached hydrogens (tertiary/aromatic N) is 1. The van der Waals surface area contributed by atoms with Crippen LogP contribution in [-0.2, 0) is 6.42 Å². The second-order valence-corrected chi connectivity index (χ2v) is 4.17. The molecule has 2 rings (SSSR count). The molecule has 18 heavy (non-hydrogen) atoms. The summed E-state index contributed by atoms with van der Waals surface area (Å²) in [5.41, 5.74) is 8.58. The molecular formula is C14H18N2O2. The molecule has 1 heterocycles. The molecule has 0 saturated carbocycles. The molecule has 0 unspecified atom stereocenters. The van der Waals surface area contributed by atoms with Crippen LogP contribution in [0.1, 0.15) is 25.5 Å². The van der Waals surface area contributed by atoms with Gasteiger partial charge in [0.15, 0.2) is 0 Å². The zero-order valence-corrected chi connectivity index (χ0v) is 10.8. The van der Waals surface area contributed by atoms with E-state index in [0.29, 0.717) is 5.88 Å². The van der Waals surface area contributed by atoms with E-state index in [2.05, 4.69) is 12.1 Å². The zero-order chi connectivity index (χ0) is 13.0. The van der Waals surface area contributed by atoms with Crippen molar-refractivity contribution in [1.29, 1.82) is 0 Å². The number of aryl methyl sites for hydroxylation is 1. The lowest BCUT2D eigenvalue weighted by atomic mass is 10.0. The molecule has 4 heteroatoms. The number of aromatic nitrogens is 1. The highest BCUT2D eigenvalue weighted by atomic mass is 16.5. The molecule has 0 saturated heterocycles. The Bertz CT molecular complexity index is 520. The fourth-order valence-electron chi connectivity index (χ4n) is 1.99. The predicted molar refractivity (Wildman–Crippen MR) is 71.5 cm³/mol. The molecule has 0 fully saturated rings. The van der Waals surface area contributed by atoms with Crippen LogP contribution in [0.15, 0.2) is 28.8 Å². The van der Waals surface area contributed by atoms with Crippen LogP contribution >= 0.6 is 0 Å². The summed E-state index contributed by atoms with van der Waals surface area (Å²) in [5.74, 6) is 1.13. The van der Waals surface area contributed by atoms with Gasteiger partial charge in [0.2, 0.25) is 5.88 Å². The zero-order valence-electron chi connectivity index (χ0n) is 10.8. The SMILES string of the molecule is CCCCc1noc(N)c1-c1ccccc1OC. The summed E-state index contributed by atoms with van der Waals surface area (Å²) in [7, 11) is 1.65. The smallest absolute Gasteiger partial charge is 0.230 e. The first-order valence-electron chi connectivity index (χ1n) is 6.15. The van der Waals surface area contributed by atoms with E-state index in [1.807, 2.05) is 24.3 Å². The van der Waals surface area contributed by atoms with Crippen LogP contribution in [-0.4, -0.2) is 12.3 Å². The number of nitrogens with two attached hydrogens (primary N) is 1. The highest BCUT2D eigenvalue weighted by Gasteiger charge is 2.18. The monoisotopic (exact) mass is 246 g/mol. The maximum Gasteiger partial charge on any atom is 0.230 e. The summed E-state index contributed by atoms with van der Waals surface area (Å²) in [6.45, 7) is 2.15. The van der Waals surface area contributed by atoms with E-state index < -0.39 is 0 Å². The number of nitrogen functional groups attached to an aromatic ring is 1. The first-order chi connectivity index (χ1) is 8.77. The number of rotatable bonds is 5. The van der Waals surface area contributed by atoms with Gasteiger partial charge in [-0.1, -0.05) is 36.7 Å². The van der Waals surface area contributed by atoms with Gasteiger partial charge in [-0.2, -0.15) is 0 Å². The van der Waals surface area contributed by atoms with Crippen molar-refractivity contribution in [2.45, 2.75) is 26.2 Å². The minimum atomic E-state index is 0.352. The molecule has 0 aliphatic heterocycles. The van der Waals surface area contributed by atoms with Crippen molar-refractivity contribution in [2.75, 3.05) is 12.8 Å². The first-order valence-corrected chi connectivity index (χ1v) is 6.15. The van der Waals surface area contributed by atoms with Crippen LogP contribution in [0, 0.1) is 0 Å². The first kappa shape index (κ1) is 12.5. The Morgan fingerprint density at radius 1 is 1.33 bits per heavy atom. The van der Waals surface area contributed by atoms with Crippen molar-refractivity contribution in [3.05, 3.63) is 30.0 Å². The highest BCUT2D eigenvalue weighted by Crippen LogP contribution is 2.36. The molecule has 0 bridgehead atoms. The fraction of sp³-hybridized carbons (Fsp3) is 0.357. The highest BCUT2D eigenvalue weighted by molar-refractivity contribution is 5.79. The van der Waals surface area contributed by atoms with Gasteiger partial charge in [-0.15, -0.1) is 0 Å². The van der Waals surface area contributed by atoms with Crippen LogP contribution in [0.3, 0.4) is 0 Å². The Morgan fingerprint density at radius 3 is 2.83 bits per heavy atom. The van der Waals surface area contributed by atoms with Crippen molar-refractivity contribution >= 4 is 5.88 Å². The molecule has 0 spiro atoms. The van der Waals surface area contributed by atoms with Crippen molar-refractivity contribution < 1.29 is 9.26 Å². The largest absolute Gasteiger partial charge is 0.496 e. The molecule has 1 aromatic carbocycles. The van der Waals surface area contributed by atoms with Crippen LogP contribution in [0.5, 0.6) is 5.75 Å². The van der Waals surface area contributed by atoms with E-state index in [0.717, 1.165) is 41.8 Å². The van der Waals surface area contributed by atoms with Crippen LogP contribution < -0.4 is 10.5 Å². The molecule has 4 nitrogen and oxygen atoms in total. The lowest BCUT2D eigenvalue weighted by Gasteiger charge is -2.08. The lowest BCUT2D eigenvalue weighted by molar-refractivity contribution is 0.416. The summed E-state index contributed by atoms with van der Waals surface area (Å²) in [6, 6.07) is 7.76. The summed E-state index contributed by atoms with van der Waals surface area (Å²) >= 11 is 0. The Kier molecular flexibility index (Phi) is 3.87. The predicted octanol–water partition coefficient (Wildman–Crippen LogP) is 3.28. The quantitative estimate of drug-likeness (QED) is 0.879. The third-order valence-electron chi connectivity index (χ3n) is 2.93. The standard InChI is InChI=1S/C14H18N2O2/c1-3-4-8-11-13(14(15)18-16-11)10-7-5-6-9-12(10)17-2/h5-7,9H,3-4,8,15H2,1-2H3. The Morgan fingerprint density at radius 2 is 2.11 bits per heavy atom. The molecule has 0 atom stereocenters. The molecule has 2 N–H and O–H groups in total. The maximum atomic E-state index is 5.88. The molecule has 96 valence electrons. The lowest BCUT2D eigenvalue weighted by Crippen LogP contribution is -1.94. The van der Waals surface area contributed by atoms with E-state index >= 15 is 0 Å². The number of hydrogen-bond acceptors (Lipinski definition) is 4. The molecule has 0 aliphatic carbocycles. The average Bonchev–Trinajstić information content (AvgIpc) is 2.77. The third-order valence-corrected chi connectivity index (χ3v) is 2.93. The number of para-hydroxylation sites is 1. The van der Waals surface area contributed by atoms with Gasteiger partial charge in [-0.25, -0.2) is 0 Å². The molecule has 0 aliphatic rings. The summed E-state index contributed by atoms with van der Waals surface area (Å²) in [6.07, 6.45) is 3.04. The van der Waals surface area contributed by atoms with Crippen LogP contribution in [0.4, 0.5) is 5.88 Å². The van der Waals surface area contributed by atoms with Crippen molar-refractivity contribution in [3.8, 4) is 16.9 Å². The average molecular weight is 246 g/mol. The summed E-state index contributed by atoms with van der Waals surface area (Å²) in [4.78, 5) is 0.